The molecule has 3 N–H and O–H groups in total. The Kier molecular flexibility index (Phi) is 12.5. The number of imide groups is 1. The number of hydrogen-bond donors (Lipinski definition) is 3. The number of piperidine rings is 2. The van der Waals surface area contributed by atoms with Gasteiger partial charge in [0.05, 0.1) is 23.9 Å². The number of anilines is 4. The van der Waals surface area contributed by atoms with Gasteiger partial charge in [-0.25, -0.2) is 4.98 Å². The minimum absolute atomic E-state index is 0.0933. The zero-order valence-corrected chi connectivity index (χ0v) is 38.3. The van der Waals surface area contributed by atoms with Crippen LogP contribution in [0.1, 0.15) is 88.2 Å². The number of aromatic nitrogens is 3. The van der Waals surface area contributed by atoms with Crippen LogP contribution in [0, 0.1) is 0 Å². The molecule has 0 bridgehead atoms. The molecule has 4 fully saturated rings. The summed E-state index contributed by atoms with van der Waals surface area (Å²) in [6.07, 6.45) is 6.37. The first-order valence-corrected chi connectivity index (χ1v) is 23.1. The van der Waals surface area contributed by atoms with E-state index in [0.29, 0.717) is 47.0 Å². The smallest absolute Gasteiger partial charge is 0.293 e. The SMILES string of the molecule is CNC(=O)COc1cc2cc(Nc3nc(N4CCC(OC5CC(N6C[C@@H](C)N(c7ccc8c(c7)CN([C@@H]7CCC(=O)NC7=O)C8=O)[C@H](C)C6)C5)CC4)ncc3Cl)ccc2n(C(C)C)c1=O. The van der Waals surface area contributed by atoms with E-state index in [9.17, 15) is 24.0 Å². The van der Waals surface area contributed by atoms with Crippen molar-refractivity contribution in [2.75, 3.05) is 55.0 Å². The number of nitrogens with one attached hydrogen (secondary N) is 3. The van der Waals surface area contributed by atoms with Crippen LogP contribution in [-0.2, 0) is 25.7 Å². The molecule has 2 aromatic heterocycles. The zero-order valence-electron chi connectivity index (χ0n) is 37.5. The van der Waals surface area contributed by atoms with Crippen LogP contribution >= 0.6 is 11.6 Å². The fraction of sp³-hybridized carbons (Fsp3) is 0.511. The van der Waals surface area contributed by atoms with Gasteiger partial charge in [0.2, 0.25) is 17.8 Å². The van der Waals surface area contributed by atoms with Gasteiger partial charge in [0.1, 0.15) is 11.1 Å². The Morgan fingerprint density at radius 2 is 1.72 bits per heavy atom. The Bertz CT molecular complexity index is 2560. The number of likely N-dealkylation sites (N-methyl/N-ethyl adjacent to an activating group) is 1. The van der Waals surface area contributed by atoms with Gasteiger partial charge in [0.25, 0.3) is 17.4 Å². The minimum atomic E-state index is -0.622. The van der Waals surface area contributed by atoms with Crippen molar-refractivity contribution in [1.29, 1.82) is 0 Å². The van der Waals surface area contributed by atoms with E-state index in [2.05, 4.69) is 55.5 Å². The molecule has 9 rings (SSSR count). The normalized spacial score (nSPS) is 24.0. The Hall–Kier alpha value is -5.78. The number of fused-ring (bicyclic) bond motifs is 2. The molecule has 6 heterocycles. The molecule has 0 spiro atoms. The predicted octanol–water partition coefficient (Wildman–Crippen LogP) is 4.77. The lowest BCUT2D eigenvalue weighted by Crippen LogP contribution is -2.62. The second-order valence-electron chi connectivity index (χ2n) is 18.4. The molecule has 65 heavy (non-hydrogen) atoms. The second-order valence-corrected chi connectivity index (χ2v) is 18.8. The summed E-state index contributed by atoms with van der Waals surface area (Å²) in [6.45, 7) is 11.9. The van der Waals surface area contributed by atoms with Crippen LogP contribution in [-0.4, -0.2) is 124 Å². The van der Waals surface area contributed by atoms with Gasteiger partial charge in [0.15, 0.2) is 18.2 Å². The maximum absolute atomic E-state index is 13.3. The van der Waals surface area contributed by atoms with Crippen LogP contribution in [0.5, 0.6) is 5.75 Å². The third kappa shape index (κ3) is 8.97. The van der Waals surface area contributed by atoms with Crippen molar-refractivity contribution in [1.82, 2.24) is 35.0 Å². The highest BCUT2D eigenvalue weighted by atomic mass is 35.5. The molecule has 4 aliphatic heterocycles. The molecule has 3 saturated heterocycles. The number of ether oxygens (including phenoxy) is 2. The first-order chi connectivity index (χ1) is 31.2. The Morgan fingerprint density at radius 1 is 0.969 bits per heavy atom. The van der Waals surface area contributed by atoms with Gasteiger partial charge in [-0.2, -0.15) is 4.98 Å². The molecule has 4 amide bonds. The van der Waals surface area contributed by atoms with E-state index in [1.54, 1.807) is 21.7 Å². The van der Waals surface area contributed by atoms with Crippen LogP contribution in [0.2, 0.25) is 5.02 Å². The van der Waals surface area contributed by atoms with Gasteiger partial charge in [-0.1, -0.05) is 11.6 Å². The average molecular weight is 909 g/mol. The minimum Gasteiger partial charge on any atom is -0.478 e. The fourth-order valence-electron chi connectivity index (χ4n) is 10.3. The maximum Gasteiger partial charge on any atom is 0.293 e. The van der Waals surface area contributed by atoms with E-state index in [4.69, 9.17) is 26.1 Å². The third-order valence-electron chi connectivity index (χ3n) is 13.6. The van der Waals surface area contributed by atoms with E-state index in [1.165, 1.54) is 7.05 Å². The summed E-state index contributed by atoms with van der Waals surface area (Å²) < 4.78 is 13.9. The molecule has 0 radical (unpaired) electrons. The molecular weight excluding hydrogens is 852 g/mol. The lowest BCUT2D eigenvalue weighted by atomic mass is 9.86. The number of pyridine rings is 1. The van der Waals surface area contributed by atoms with Crippen molar-refractivity contribution < 1.29 is 28.7 Å². The topological polar surface area (TPSA) is 184 Å². The number of amides is 4. The molecule has 3 atom stereocenters. The molecule has 2 aromatic carbocycles. The van der Waals surface area contributed by atoms with Crippen LogP contribution in [0.3, 0.4) is 0 Å². The first kappa shape index (κ1) is 44.4. The standard InChI is InChI=1S/C47H57ClN10O7/c1-26(2)57-38-9-6-31(16-29(38)18-40(46(57)63)64-25-42(60)49-5)51-43-37(48)21-50-47(53-43)54-14-12-34(13-15-54)65-35-19-33(20-35)55-22-27(3)58(28(4)23-55)32-7-8-36-30(17-32)24-56(45(36)62)39-10-11-41(59)52-44(39)61/h6-9,16-18,21,26-28,33-35,39H,10-15,19-20,22-25H2,1-5H3,(H,49,60)(H,50,51,53)(H,52,59,61)/t27-,28-,33?,35?,39-/m1/s1. The summed E-state index contributed by atoms with van der Waals surface area (Å²) in [5.74, 6) is -0.0159. The molecule has 17 nitrogen and oxygen atoms in total. The lowest BCUT2D eigenvalue weighted by Gasteiger charge is -2.52. The molecule has 1 saturated carbocycles. The molecule has 344 valence electrons. The summed E-state index contributed by atoms with van der Waals surface area (Å²) >= 11 is 6.61. The summed E-state index contributed by atoms with van der Waals surface area (Å²) in [6, 6.07) is 13.6. The van der Waals surface area contributed by atoms with Crippen molar-refractivity contribution in [2.24, 2.45) is 0 Å². The van der Waals surface area contributed by atoms with Crippen molar-refractivity contribution in [3.05, 3.63) is 75.2 Å². The third-order valence-corrected chi connectivity index (χ3v) is 13.9. The zero-order chi connectivity index (χ0) is 45.7. The average Bonchev–Trinajstić information content (AvgIpc) is 3.59. The number of hydrogen-bond acceptors (Lipinski definition) is 13. The number of carbonyl (C=O) groups excluding carboxylic acids is 4. The van der Waals surface area contributed by atoms with Crippen molar-refractivity contribution in [3.8, 4) is 5.75 Å². The van der Waals surface area contributed by atoms with E-state index >= 15 is 0 Å². The van der Waals surface area contributed by atoms with Crippen LogP contribution in [0.25, 0.3) is 10.9 Å². The fourth-order valence-corrected chi connectivity index (χ4v) is 10.4. The van der Waals surface area contributed by atoms with E-state index in [0.717, 1.165) is 74.0 Å². The van der Waals surface area contributed by atoms with Gasteiger partial charge in [0, 0.05) is 92.7 Å². The largest absolute Gasteiger partial charge is 0.478 e. The summed E-state index contributed by atoms with van der Waals surface area (Å²) in [7, 11) is 1.52. The highest BCUT2D eigenvalue weighted by Gasteiger charge is 2.42. The number of rotatable bonds is 12. The highest BCUT2D eigenvalue weighted by molar-refractivity contribution is 6.33. The van der Waals surface area contributed by atoms with Gasteiger partial charge in [-0.05, 0) is 108 Å². The Labute approximate surface area is 382 Å². The molecule has 4 aromatic rings. The van der Waals surface area contributed by atoms with Crippen molar-refractivity contribution >= 4 is 69.3 Å². The van der Waals surface area contributed by atoms with Gasteiger partial charge >= 0.3 is 0 Å². The molecular formula is C47H57ClN10O7. The number of piperazine rings is 1. The quantitative estimate of drug-likeness (QED) is 0.166. The molecule has 18 heteroatoms. The monoisotopic (exact) mass is 908 g/mol. The van der Waals surface area contributed by atoms with E-state index in [1.807, 2.05) is 44.2 Å². The number of nitrogens with zero attached hydrogens (tertiary/aromatic N) is 7. The van der Waals surface area contributed by atoms with E-state index < -0.39 is 11.9 Å². The first-order valence-electron chi connectivity index (χ1n) is 22.8. The van der Waals surface area contributed by atoms with Gasteiger partial charge in [-0.3, -0.25) is 34.2 Å². The number of benzene rings is 2. The highest BCUT2D eigenvalue weighted by Crippen LogP contribution is 2.37. The van der Waals surface area contributed by atoms with Crippen molar-refractivity contribution in [3.63, 3.8) is 0 Å². The summed E-state index contributed by atoms with van der Waals surface area (Å²) in [5, 5.41) is 9.36. The maximum atomic E-state index is 13.3. The Morgan fingerprint density at radius 3 is 2.43 bits per heavy atom. The summed E-state index contributed by atoms with van der Waals surface area (Å²) in [5.41, 5.74) is 3.79. The van der Waals surface area contributed by atoms with Crippen LogP contribution in [0.15, 0.2) is 53.5 Å². The van der Waals surface area contributed by atoms with E-state index in [-0.39, 0.29) is 72.4 Å². The molecule has 1 aliphatic carbocycles. The Balaban J connectivity index is 0.759. The van der Waals surface area contributed by atoms with Crippen molar-refractivity contribution in [2.45, 2.75) is 115 Å². The summed E-state index contributed by atoms with van der Waals surface area (Å²) in [4.78, 5) is 80.9. The van der Waals surface area contributed by atoms with Gasteiger partial charge < -0.3 is 39.4 Å². The number of halogens is 1. The van der Waals surface area contributed by atoms with Crippen LogP contribution in [0.4, 0.5) is 23.1 Å². The second kappa shape index (κ2) is 18.2. The van der Waals surface area contributed by atoms with Crippen LogP contribution < -0.4 is 36.0 Å². The lowest BCUT2D eigenvalue weighted by molar-refractivity contribution is -0.137. The van der Waals surface area contributed by atoms with Gasteiger partial charge in [-0.15, -0.1) is 0 Å². The molecule has 0 unspecified atom stereocenters. The predicted molar refractivity (Wildman–Crippen MR) is 247 cm³/mol. The molecule has 5 aliphatic rings. The number of carbonyl (C=O) groups is 4.